The molecule has 2 rings (SSSR count). The molecule has 2 aliphatic carbocycles. The third kappa shape index (κ3) is 3.48. The average molecular weight is 224 g/mol. The average Bonchev–Trinajstić information content (AvgIpc) is 2.99. The maximum Gasteiger partial charge on any atom is 0.223 e. The third-order valence-corrected chi connectivity index (χ3v) is 3.86. The van der Waals surface area contributed by atoms with Crippen LogP contribution < -0.4 is 10.6 Å². The molecule has 2 atom stereocenters. The summed E-state index contributed by atoms with van der Waals surface area (Å²) in [5.41, 5.74) is 0. The van der Waals surface area contributed by atoms with E-state index in [-0.39, 0.29) is 11.8 Å². The van der Waals surface area contributed by atoms with E-state index < -0.39 is 0 Å². The second-order valence-corrected chi connectivity index (χ2v) is 5.39. The molecule has 16 heavy (non-hydrogen) atoms. The summed E-state index contributed by atoms with van der Waals surface area (Å²) in [6, 6.07) is 0.783. The third-order valence-electron chi connectivity index (χ3n) is 3.86. The van der Waals surface area contributed by atoms with Gasteiger partial charge in [0.15, 0.2) is 0 Å². The number of amides is 1. The van der Waals surface area contributed by atoms with Crippen molar-refractivity contribution in [2.45, 2.75) is 51.5 Å². The zero-order valence-electron chi connectivity index (χ0n) is 10.3. The van der Waals surface area contributed by atoms with Crippen LogP contribution in [0.2, 0.25) is 0 Å². The fraction of sp³-hybridized carbons (Fsp3) is 0.923. The first-order chi connectivity index (χ1) is 7.77. The Labute approximate surface area is 98.4 Å². The van der Waals surface area contributed by atoms with Crippen molar-refractivity contribution in [2.75, 3.05) is 13.1 Å². The summed E-state index contributed by atoms with van der Waals surface area (Å²) in [5, 5.41) is 6.53. The highest BCUT2D eigenvalue weighted by molar-refractivity contribution is 5.79. The normalized spacial score (nSPS) is 29.3. The van der Waals surface area contributed by atoms with Crippen LogP contribution in [0.25, 0.3) is 0 Å². The van der Waals surface area contributed by atoms with E-state index in [1.165, 1.54) is 25.7 Å². The van der Waals surface area contributed by atoms with Crippen molar-refractivity contribution in [1.29, 1.82) is 0 Å². The van der Waals surface area contributed by atoms with Crippen molar-refractivity contribution in [3.63, 3.8) is 0 Å². The highest BCUT2D eigenvalue weighted by atomic mass is 16.1. The minimum atomic E-state index is 0.288. The molecule has 92 valence electrons. The minimum Gasteiger partial charge on any atom is -0.356 e. The van der Waals surface area contributed by atoms with Gasteiger partial charge in [0, 0.05) is 18.5 Å². The Morgan fingerprint density at radius 2 is 2.00 bits per heavy atom. The van der Waals surface area contributed by atoms with Crippen LogP contribution in [0.1, 0.15) is 45.4 Å². The number of carbonyl (C=O) groups is 1. The van der Waals surface area contributed by atoms with Crippen molar-refractivity contribution in [1.82, 2.24) is 10.6 Å². The van der Waals surface area contributed by atoms with E-state index in [1.54, 1.807) is 0 Å². The van der Waals surface area contributed by atoms with E-state index in [4.69, 9.17) is 0 Å². The van der Waals surface area contributed by atoms with Crippen molar-refractivity contribution >= 4 is 5.91 Å². The van der Waals surface area contributed by atoms with Crippen LogP contribution in [-0.4, -0.2) is 25.0 Å². The van der Waals surface area contributed by atoms with E-state index in [9.17, 15) is 4.79 Å². The summed E-state index contributed by atoms with van der Waals surface area (Å²) in [5.74, 6) is 1.16. The van der Waals surface area contributed by atoms with Crippen LogP contribution >= 0.6 is 0 Å². The zero-order valence-corrected chi connectivity index (χ0v) is 10.3. The minimum absolute atomic E-state index is 0.288. The molecule has 0 heterocycles. The Balaban J connectivity index is 1.52. The quantitative estimate of drug-likeness (QED) is 0.674. The smallest absolute Gasteiger partial charge is 0.223 e. The molecular formula is C13H24N2O. The molecule has 0 aromatic carbocycles. The van der Waals surface area contributed by atoms with E-state index in [1.807, 2.05) is 0 Å². The van der Waals surface area contributed by atoms with Gasteiger partial charge < -0.3 is 10.6 Å². The Hall–Kier alpha value is -0.570. The van der Waals surface area contributed by atoms with Gasteiger partial charge >= 0.3 is 0 Å². The lowest BCUT2D eigenvalue weighted by molar-refractivity contribution is -0.125. The summed E-state index contributed by atoms with van der Waals surface area (Å²) >= 11 is 0. The van der Waals surface area contributed by atoms with Crippen LogP contribution in [0.5, 0.6) is 0 Å². The lowest BCUT2D eigenvalue weighted by atomic mass is 9.97. The lowest BCUT2D eigenvalue weighted by Crippen LogP contribution is -2.34. The maximum atomic E-state index is 11.8. The molecule has 0 saturated heterocycles. The predicted molar refractivity (Wildman–Crippen MR) is 65.2 cm³/mol. The van der Waals surface area contributed by atoms with Gasteiger partial charge in [-0.1, -0.05) is 13.3 Å². The molecule has 0 aliphatic heterocycles. The van der Waals surface area contributed by atoms with Gasteiger partial charge in [-0.15, -0.1) is 0 Å². The monoisotopic (exact) mass is 224 g/mol. The standard InChI is InChI=1S/C13H24N2O/c1-10-4-2-5-12(10)13(16)15-9-3-8-14-11-6-7-11/h10-12,14H,2-9H2,1H3,(H,15,16). The largest absolute Gasteiger partial charge is 0.356 e. The Morgan fingerprint density at radius 1 is 1.19 bits per heavy atom. The molecular weight excluding hydrogens is 200 g/mol. The summed E-state index contributed by atoms with van der Waals surface area (Å²) in [7, 11) is 0. The SMILES string of the molecule is CC1CCCC1C(=O)NCCCNC1CC1. The maximum absolute atomic E-state index is 11.8. The molecule has 2 unspecified atom stereocenters. The molecule has 2 saturated carbocycles. The van der Waals surface area contributed by atoms with Gasteiger partial charge in [0.2, 0.25) is 5.91 Å². The van der Waals surface area contributed by atoms with Gasteiger partial charge in [-0.2, -0.15) is 0 Å². The fourth-order valence-electron chi connectivity index (χ4n) is 2.56. The molecule has 1 amide bonds. The van der Waals surface area contributed by atoms with Gasteiger partial charge in [-0.25, -0.2) is 0 Å². The molecule has 0 spiro atoms. The molecule has 0 aromatic heterocycles. The van der Waals surface area contributed by atoms with Gasteiger partial charge in [0.05, 0.1) is 0 Å². The van der Waals surface area contributed by atoms with Crippen molar-refractivity contribution < 1.29 is 4.79 Å². The van der Waals surface area contributed by atoms with Crippen LogP contribution in [0, 0.1) is 11.8 Å². The fourth-order valence-corrected chi connectivity index (χ4v) is 2.56. The van der Waals surface area contributed by atoms with E-state index in [2.05, 4.69) is 17.6 Å². The van der Waals surface area contributed by atoms with E-state index >= 15 is 0 Å². The lowest BCUT2D eigenvalue weighted by Gasteiger charge is -2.15. The summed E-state index contributed by atoms with van der Waals surface area (Å²) < 4.78 is 0. The van der Waals surface area contributed by atoms with Crippen molar-refractivity contribution in [2.24, 2.45) is 11.8 Å². The Bertz CT molecular complexity index is 238. The van der Waals surface area contributed by atoms with Crippen molar-refractivity contribution in [3.8, 4) is 0 Å². The number of hydrogen-bond donors (Lipinski definition) is 2. The molecule has 2 fully saturated rings. The first-order valence-corrected chi connectivity index (χ1v) is 6.78. The first kappa shape index (κ1) is 11.9. The molecule has 3 heteroatoms. The number of rotatable bonds is 6. The Morgan fingerprint density at radius 3 is 2.62 bits per heavy atom. The van der Waals surface area contributed by atoms with Gasteiger partial charge in [0.1, 0.15) is 0 Å². The molecule has 0 aromatic rings. The van der Waals surface area contributed by atoms with Crippen LogP contribution in [0.15, 0.2) is 0 Å². The van der Waals surface area contributed by atoms with E-state index in [0.717, 1.165) is 32.0 Å². The highest BCUT2D eigenvalue weighted by Crippen LogP contribution is 2.31. The predicted octanol–water partition coefficient (Wildman–Crippen LogP) is 1.68. The molecule has 0 radical (unpaired) electrons. The molecule has 3 nitrogen and oxygen atoms in total. The van der Waals surface area contributed by atoms with E-state index in [0.29, 0.717) is 5.92 Å². The van der Waals surface area contributed by atoms with Gasteiger partial charge in [-0.3, -0.25) is 4.79 Å². The number of carbonyl (C=O) groups excluding carboxylic acids is 1. The molecule has 2 N–H and O–H groups in total. The topological polar surface area (TPSA) is 41.1 Å². The first-order valence-electron chi connectivity index (χ1n) is 6.78. The number of hydrogen-bond acceptors (Lipinski definition) is 2. The summed E-state index contributed by atoms with van der Waals surface area (Å²) in [6.45, 7) is 4.08. The van der Waals surface area contributed by atoms with Gasteiger partial charge in [0.25, 0.3) is 0 Å². The van der Waals surface area contributed by atoms with Crippen LogP contribution in [0.3, 0.4) is 0 Å². The zero-order chi connectivity index (χ0) is 11.4. The number of nitrogens with one attached hydrogen (secondary N) is 2. The van der Waals surface area contributed by atoms with Crippen molar-refractivity contribution in [3.05, 3.63) is 0 Å². The second-order valence-electron chi connectivity index (χ2n) is 5.39. The Kier molecular flexibility index (Phi) is 4.22. The highest BCUT2D eigenvalue weighted by Gasteiger charge is 2.29. The summed E-state index contributed by atoms with van der Waals surface area (Å²) in [4.78, 5) is 11.8. The summed E-state index contributed by atoms with van der Waals surface area (Å²) in [6.07, 6.45) is 7.28. The second kappa shape index (κ2) is 5.67. The molecule has 0 bridgehead atoms. The molecule has 2 aliphatic rings. The van der Waals surface area contributed by atoms with Crippen LogP contribution in [0.4, 0.5) is 0 Å². The van der Waals surface area contributed by atoms with Crippen LogP contribution in [-0.2, 0) is 4.79 Å². The van der Waals surface area contributed by atoms with Gasteiger partial charge in [-0.05, 0) is 44.6 Å².